The third kappa shape index (κ3) is 5.59. The predicted octanol–water partition coefficient (Wildman–Crippen LogP) is 3.43. The maximum absolute atomic E-state index is 16.4. The van der Waals surface area contributed by atoms with Gasteiger partial charge in [-0.05, 0) is 37.3 Å². The molecule has 4 unspecified atom stereocenters. The molecule has 5 aliphatic rings. The molecule has 0 saturated carbocycles. The van der Waals surface area contributed by atoms with E-state index in [1.807, 2.05) is 0 Å². The second-order valence-corrected chi connectivity index (χ2v) is 15.9. The molecule has 4 aromatic rings. The van der Waals surface area contributed by atoms with Crippen molar-refractivity contribution in [1.29, 1.82) is 0 Å². The van der Waals surface area contributed by atoms with Crippen LogP contribution in [0.3, 0.4) is 0 Å². The summed E-state index contributed by atoms with van der Waals surface area (Å²) in [5.41, 5.74) is 3.13. The molecule has 0 aliphatic carbocycles. The number of hydrogen-bond donors (Lipinski definition) is 2. The Balaban J connectivity index is 1.00. The molecule has 5 aliphatic heterocycles. The number of halogens is 2. The van der Waals surface area contributed by atoms with Crippen LogP contribution in [0.1, 0.15) is 36.6 Å². The maximum atomic E-state index is 16.4. The van der Waals surface area contributed by atoms with E-state index in [1.165, 1.54) is 15.6 Å². The Hall–Kier alpha value is -2.95. The predicted molar refractivity (Wildman–Crippen MR) is 175 cm³/mol. The number of nitrogens with one attached hydrogen (secondary N) is 2. The first-order chi connectivity index (χ1) is 24.1. The molecular weight excluding hydrogens is 698 g/mol. The van der Waals surface area contributed by atoms with Gasteiger partial charge in [-0.25, -0.2) is 28.4 Å². The highest BCUT2D eigenvalue weighted by molar-refractivity contribution is 7.79. The van der Waals surface area contributed by atoms with E-state index < -0.39 is 77.4 Å². The molecule has 260 valence electrons. The van der Waals surface area contributed by atoms with E-state index in [0.29, 0.717) is 42.2 Å². The van der Waals surface area contributed by atoms with Crippen LogP contribution >= 0.6 is 14.9 Å². The molecule has 0 aromatic carbocycles. The van der Waals surface area contributed by atoms with Crippen LogP contribution in [-0.4, -0.2) is 107 Å². The molecule has 0 bridgehead atoms. The molecule has 9 heterocycles. The van der Waals surface area contributed by atoms with Crippen LogP contribution in [0.15, 0.2) is 24.8 Å². The number of hydrogen-bond acceptors (Lipinski definition) is 14. The number of rotatable bonds is 2. The van der Waals surface area contributed by atoms with Gasteiger partial charge in [0, 0.05) is 31.2 Å². The first kappa shape index (κ1) is 32.9. The van der Waals surface area contributed by atoms with E-state index in [-0.39, 0.29) is 0 Å². The molecule has 4 radical (unpaired) electrons. The largest absolute Gasteiger partial charge is 0.384 e. The van der Waals surface area contributed by atoms with Crippen LogP contribution in [0, 0.1) is 0 Å². The van der Waals surface area contributed by atoms with Crippen molar-refractivity contribution in [3.8, 4) is 0 Å². The highest BCUT2D eigenvalue weighted by atomic mass is 31.2. The number of aromatic nitrogens is 6. The lowest BCUT2D eigenvalue weighted by Crippen LogP contribution is -2.37. The average Bonchev–Trinajstić information content (AvgIpc) is 3.71. The van der Waals surface area contributed by atoms with Gasteiger partial charge in [-0.1, -0.05) is 0 Å². The highest BCUT2D eigenvalue weighted by Gasteiger charge is 2.54. The Kier molecular flexibility index (Phi) is 8.12. The van der Waals surface area contributed by atoms with Crippen LogP contribution in [0.2, 0.25) is 0 Å². The highest BCUT2D eigenvalue weighted by Crippen LogP contribution is 2.54. The summed E-state index contributed by atoms with van der Waals surface area (Å²) in [6.45, 7) is 0.118. The summed E-state index contributed by atoms with van der Waals surface area (Å²) < 4.78 is 96.7. The summed E-state index contributed by atoms with van der Waals surface area (Å²) in [7, 11) is 2.81. The number of alkyl halides is 2. The smallest absolute Gasteiger partial charge is 0.264 e. The Bertz CT molecular complexity index is 1930. The van der Waals surface area contributed by atoms with Crippen molar-refractivity contribution < 1.29 is 45.5 Å². The summed E-state index contributed by atoms with van der Waals surface area (Å²) in [6.07, 6.45) is -5.29. The van der Waals surface area contributed by atoms with Gasteiger partial charge in [0.2, 0.25) is 15.1 Å². The van der Waals surface area contributed by atoms with Gasteiger partial charge in [-0.2, -0.15) is 5.10 Å². The lowest BCUT2D eigenvalue weighted by molar-refractivity contribution is -0.0568. The van der Waals surface area contributed by atoms with Crippen molar-refractivity contribution in [1.82, 2.24) is 29.3 Å². The first-order valence-corrected chi connectivity index (χ1v) is 19.5. The van der Waals surface area contributed by atoms with Crippen LogP contribution in [0.4, 0.5) is 20.3 Å². The van der Waals surface area contributed by atoms with Gasteiger partial charge in [0.15, 0.2) is 30.4 Å². The monoisotopic (exact) mass is 728 g/mol. The van der Waals surface area contributed by atoms with E-state index in [2.05, 4.69) is 30.7 Å². The summed E-state index contributed by atoms with van der Waals surface area (Å²) in [4.78, 5) is 13.1. The van der Waals surface area contributed by atoms with E-state index in [4.69, 9.17) is 42.7 Å². The third-order valence-electron chi connectivity index (χ3n) is 9.60. The number of aryl methyl sites for hydroxylation is 2. The SMILES string of the molecule is [B]P1(=O)OC[C@H]2O[C@@H](n3cc4c5c(ncnc53)NCCC4)C(F)[C@H]2OP([B])(=O)OC[C@H]2O[C@@H](n3nc4c5c(ccnc53)NCCC4)[C@@H](F)C2O1. The summed E-state index contributed by atoms with van der Waals surface area (Å²) >= 11 is 0. The minimum Gasteiger partial charge on any atom is -0.384 e. The van der Waals surface area contributed by atoms with E-state index in [1.54, 1.807) is 18.5 Å². The van der Waals surface area contributed by atoms with Crippen LogP contribution in [0.25, 0.3) is 22.1 Å². The second kappa shape index (κ2) is 12.3. The third-order valence-corrected chi connectivity index (χ3v) is 11.7. The fourth-order valence-corrected chi connectivity index (χ4v) is 9.38. The van der Waals surface area contributed by atoms with Gasteiger partial charge in [0.25, 0.3) is 14.9 Å². The topological polar surface area (TPSA) is 175 Å². The fraction of sp³-hybridized carbons (Fsp3) is 0.571. The molecule has 4 aromatic heterocycles. The Labute approximate surface area is 286 Å². The summed E-state index contributed by atoms with van der Waals surface area (Å²) in [6, 6.07) is 1.80. The standard InChI is InChI=1S/C28H30B2F2N8O8P2/c29-49(41)44-11-17-23(21(32)28(46-17)40-26-19-14(5-8-35-26)33-6-2-4-15(19)38-40)48-50(30,42)43-10-16-22(47-49)20(31)27(45-16)39-9-13-3-1-7-34-24-18(13)25(39)37-12-36-24/h5,8-9,12,16-17,20-23,27-28,33H,1-4,6-7,10-11H2,(H,34,36,37)/t16-,17-,20?,21+,22+,23?,27-,28-,49?,50?/m1/s1. The van der Waals surface area contributed by atoms with Gasteiger partial charge in [-0.15, -0.1) is 0 Å². The quantitative estimate of drug-likeness (QED) is 0.227. The van der Waals surface area contributed by atoms with Gasteiger partial charge in [-0.3, -0.25) is 9.13 Å². The molecule has 2 N–H and O–H groups in total. The van der Waals surface area contributed by atoms with Gasteiger partial charge in [0.1, 0.15) is 42.2 Å². The zero-order chi connectivity index (χ0) is 34.4. The Morgan fingerprint density at radius 3 is 2.28 bits per heavy atom. The lowest BCUT2D eigenvalue weighted by atomic mass is 10.1. The van der Waals surface area contributed by atoms with Crippen molar-refractivity contribution in [2.45, 2.75) is 74.9 Å². The second-order valence-electron chi connectivity index (χ2n) is 12.8. The van der Waals surface area contributed by atoms with Crippen LogP contribution in [0.5, 0.6) is 0 Å². The summed E-state index contributed by atoms with van der Waals surface area (Å²) in [5, 5.41) is 12.6. The van der Waals surface area contributed by atoms with Crippen molar-refractivity contribution in [3.63, 3.8) is 0 Å². The zero-order valence-corrected chi connectivity index (χ0v) is 28.1. The van der Waals surface area contributed by atoms with Crippen molar-refractivity contribution in [3.05, 3.63) is 36.0 Å². The van der Waals surface area contributed by atoms with E-state index in [9.17, 15) is 9.13 Å². The van der Waals surface area contributed by atoms with E-state index >= 15 is 8.78 Å². The molecule has 50 heavy (non-hydrogen) atoms. The van der Waals surface area contributed by atoms with Crippen molar-refractivity contribution in [2.24, 2.45) is 0 Å². The number of pyridine rings is 1. The molecule has 22 heteroatoms. The first-order valence-electron chi connectivity index (χ1n) is 16.3. The normalized spacial score (nSPS) is 37.5. The minimum absolute atomic E-state index is 0.352. The van der Waals surface area contributed by atoms with Crippen LogP contribution in [-0.2, 0) is 49.5 Å². The van der Waals surface area contributed by atoms with E-state index in [0.717, 1.165) is 41.4 Å². The van der Waals surface area contributed by atoms with Gasteiger partial charge < -0.3 is 42.8 Å². The summed E-state index contributed by atoms with van der Waals surface area (Å²) in [5.74, 6) is 0.608. The maximum Gasteiger partial charge on any atom is 0.264 e. The molecule has 9 rings (SSSR count). The van der Waals surface area contributed by atoms with Gasteiger partial charge in [0.05, 0.1) is 29.7 Å². The molecule has 0 spiro atoms. The Morgan fingerprint density at radius 2 is 1.52 bits per heavy atom. The average molecular weight is 728 g/mol. The van der Waals surface area contributed by atoms with Crippen LogP contribution < -0.4 is 10.6 Å². The van der Waals surface area contributed by atoms with Gasteiger partial charge >= 0.3 is 0 Å². The number of ether oxygens (including phenoxy) is 2. The fourth-order valence-electron chi connectivity index (χ4n) is 7.36. The Morgan fingerprint density at radius 1 is 0.840 bits per heavy atom. The van der Waals surface area contributed by atoms with Crippen molar-refractivity contribution >= 4 is 63.7 Å². The molecule has 3 saturated heterocycles. The minimum atomic E-state index is -4.58. The molecule has 3 fully saturated rings. The number of nitrogens with zero attached hydrogens (tertiary/aromatic N) is 6. The molecule has 10 atom stereocenters. The number of anilines is 2. The zero-order valence-electron chi connectivity index (χ0n) is 26.3. The molecule has 0 amide bonds. The lowest BCUT2D eigenvalue weighted by Gasteiger charge is -2.29. The van der Waals surface area contributed by atoms with Crippen molar-refractivity contribution in [2.75, 3.05) is 36.9 Å². The number of fused-ring (bicyclic) bond motifs is 2. The molecule has 16 nitrogen and oxygen atoms in total. The molecular formula is C28H30B2F2N8O8P2.